The van der Waals surface area contributed by atoms with Crippen LogP contribution in [0, 0.1) is 5.41 Å². The molecule has 0 heterocycles. The number of phosphoric ester groups is 1. The number of ether oxygens (including phenoxy) is 2. The fraction of sp³-hybridized carbons (Fsp3) is 1.00. The van der Waals surface area contributed by atoms with Gasteiger partial charge in [-0.2, -0.15) is 0 Å². The minimum Gasteiger partial charge on any atom is -0.381 e. The van der Waals surface area contributed by atoms with Gasteiger partial charge in [0.15, 0.2) is 0 Å². The molecule has 0 aromatic rings. The van der Waals surface area contributed by atoms with Gasteiger partial charge in [0, 0.05) is 26.2 Å². The second-order valence-electron chi connectivity index (χ2n) is 11.8. The van der Waals surface area contributed by atoms with Crippen molar-refractivity contribution in [2.24, 2.45) is 5.41 Å². The monoisotopic (exact) mass is 524 g/mol. The molecule has 0 rings (SSSR count). The number of phosphoric acid groups is 1. The van der Waals surface area contributed by atoms with E-state index in [4.69, 9.17) is 23.8 Å². The quantitative estimate of drug-likeness (QED) is 0.0784. The Hall–Kier alpha value is -0.0100. The zero-order valence-corrected chi connectivity index (χ0v) is 24.8. The first-order valence-corrected chi connectivity index (χ1v) is 15.6. The van der Waals surface area contributed by atoms with E-state index in [1.165, 1.54) is 64.2 Å². The molecule has 0 radical (unpaired) electrons. The van der Waals surface area contributed by atoms with Crippen molar-refractivity contribution < 1.29 is 32.8 Å². The van der Waals surface area contributed by atoms with E-state index in [0.717, 1.165) is 45.5 Å². The second-order valence-corrected chi connectivity index (χ2v) is 13.1. The molecule has 0 amide bonds. The van der Waals surface area contributed by atoms with Crippen LogP contribution in [0.15, 0.2) is 0 Å². The summed E-state index contributed by atoms with van der Waals surface area (Å²) < 4.78 is 28.2. The average Bonchev–Trinajstić information content (AvgIpc) is 2.74. The van der Waals surface area contributed by atoms with Crippen LogP contribution in [-0.2, 0) is 18.6 Å². The zero-order chi connectivity index (χ0) is 26.6. The van der Waals surface area contributed by atoms with Gasteiger partial charge in [0.2, 0.25) is 0 Å². The Morgan fingerprint density at radius 3 is 1.60 bits per heavy atom. The lowest BCUT2D eigenvalue weighted by atomic mass is 9.86. The molecule has 0 saturated carbocycles. The molecule has 0 saturated heterocycles. The third-order valence-corrected chi connectivity index (χ3v) is 7.02. The minimum absolute atomic E-state index is 0.0262. The van der Waals surface area contributed by atoms with Gasteiger partial charge in [0.25, 0.3) is 0 Å². The molecule has 0 spiro atoms. The fourth-order valence-electron chi connectivity index (χ4n) is 4.16. The highest BCUT2D eigenvalue weighted by Crippen LogP contribution is 2.37. The molecule has 0 fully saturated rings. The van der Waals surface area contributed by atoms with Gasteiger partial charge in [-0.3, -0.25) is 4.52 Å². The molecular formula is C27H59NO6P+. The third kappa shape index (κ3) is 24.1. The van der Waals surface area contributed by atoms with Gasteiger partial charge >= 0.3 is 7.82 Å². The van der Waals surface area contributed by atoms with Gasteiger partial charge < -0.3 is 23.7 Å². The predicted molar refractivity (Wildman–Crippen MR) is 146 cm³/mol. The standard InChI is InChI=1S/C27H58NO6P/c1-7-8-9-10-11-12-13-14-17-20-32-21-18-15-16-19-22-33-25-27(2,3)23-26(28(4,5)6)24-34-35(29,30)31/h26H,7-25H2,1-6H3,(H-,29,30,31)/p+1. The molecule has 0 aliphatic carbocycles. The zero-order valence-electron chi connectivity index (χ0n) is 23.9. The lowest BCUT2D eigenvalue weighted by molar-refractivity contribution is -0.897. The molecular weight excluding hydrogens is 465 g/mol. The SMILES string of the molecule is CCCCCCCCCCCOCCCCCCOCC(C)(C)CC(COP(=O)(O)O)[N+](C)(C)C. The van der Waals surface area contributed by atoms with Gasteiger partial charge in [-0.25, -0.2) is 4.57 Å². The van der Waals surface area contributed by atoms with Crippen LogP contribution < -0.4 is 0 Å². The van der Waals surface area contributed by atoms with E-state index in [2.05, 4.69) is 20.8 Å². The lowest BCUT2D eigenvalue weighted by Crippen LogP contribution is -2.50. The first kappa shape index (κ1) is 35.0. The first-order chi connectivity index (χ1) is 16.4. The maximum Gasteiger partial charge on any atom is 0.469 e. The molecule has 35 heavy (non-hydrogen) atoms. The van der Waals surface area contributed by atoms with Crippen LogP contribution in [0.2, 0.25) is 0 Å². The maximum atomic E-state index is 11.1. The highest BCUT2D eigenvalue weighted by atomic mass is 31.2. The Bertz CT molecular complexity index is 532. The summed E-state index contributed by atoms with van der Waals surface area (Å²) in [6, 6.07) is -0.0308. The highest BCUT2D eigenvalue weighted by Gasteiger charge is 2.33. The number of unbranched alkanes of at least 4 members (excludes halogenated alkanes) is 11. The first-order valence-electron chi connectivity index (χ1n) is 14.0. The second kappa shape index (κ2) is 20.0. The van der Waals surface area contributed by atoms with Crippen LogP contribution >= 0.6 is 7.82 Å². The molecule has 1 atom stereocenters. The van der Waals surface area contributed by atoms with Gasteiger partial charge in [0.05, 0.1) is 27.7 Å². The molecule has 0 aromatic carbocycles. The summed E-state index contributed by atoms with van der Waals surface area (Å²) in [7, 11) is 1.59. The summed E-state index contributed by atoms with van der Waals surface area (Å²) in [5, 5.41) is 0. The van der Waals surface area contributed by atoms with Crippen molar-refractivity contribution in [3.8, 4) is 0 Å². The van der Waals surface area contributed by atoms with Crippen LogP contribution in [-0.4, -0.2) is 74.5 Å². The largest absolute Gasteiger partial charge is 0.469 e. The van der Waals surface area contributed by atoms with E-state index in [1.54, 1.807) is 0 Å². The molecule has 2 N–H and O–H groups in total. The summed E-state index contributed by atoms with van der Waals surface area (Å²) in [4.78, 5) is 18.1. The highest BCUT2D eigenvalue weighted by molar-refractivity contribution is 7.46. The molecule has 8 heteroatoms. The maximum absolute atomic E-state index is 11.1. The molecule has 0 aliphatic rings. The Kier molecular flexibility index (Phi) is 20.0. The summed E-state index contributed by atoms with van der Waals surface area (Å²) in [6.45, 7) is 9.71. The minimum atomic E-state index is -4.46. The lowest BCUT2D eigenvalue weighted by Gasteiger charge is -2.38. The van der Waals surface area contributed by atoms with E-state index >= 15 is 0 Å². The van der Waals surface area contributed by atoms with Crippen molar-refractivity contribution in [3.05, 3.63) is 0 Å². The number of rotatable bonds is 25. The van der Waals surface area contributed by atoms with Crippen LogP contribution in [0.25, 0.3) is 0 Å². The van der Waals surface area contributed by atoms with Crippen molar-refractivity contribution in [3.63, 3.8) is 0 Å². The molecule has 212 valence electrons. The Balaban J connectivity index is 3.68. The van der Waals surface area contributed by atoms with Crippen LogP contribution in [0.4, 0.5) is 0 Å². The normalized spacial score (nSPS) is 13.9. The van der Waals surface area contributed by atoms with Crippen molar-refractivity contribution in [1.82, 2.24) is 0 Å². The smallest absolute Gasteiger partial charge is 0.381 e. The Labute approximate surface area is 217 Å². The summed E-state index contributed by atoms with van der Waals surface area (Å²) in [5.41, 5.74) is -0.0999. The molecule has 7 nitrogen and oxygen atoms in total. The van der Waals surface area contributed by atoms with E-state index < -0.39 is 7.82 Å². The van der Waals surface area contributed by atoms with Gasteiger partial charge in [-0.1, -0.05) is 85.0 Å². The molecule has 1 unspecified atom stereocenters. The topological polar surface area (TPSA) is 85.2 Å². The van der Waals surface area contributed by atoms with Crippen LogP contribution in [0.5, 0.6) is 0 Å². The van der Waals surface area contributed by atoms with E-state index in [-0.39, 0.29) is 18.1 Å². The van der Waals surface area contributed by atoms with E-state index in [9.17, 15) is 4.57 Å². The number of nitrogens with zero attached hydrogens (tertiary/aromatic N) is 1. The van der Waals surface area contributed by atoms with Crippen LogP contribution in [0.3, 0.4) is 0 Å². The fourth-order valence-corrected chi connectivity index (χ4v) is 4.53. The molecule has 0 aromatic heterocycles. The van der Waals surface area contributed by atoms with Gasteiger partial charge in [-0.05, 0) is 24.7 Å². The van der Waals surface area contributed by atoms with Gasteiger partial charge in [0.1, 0.15) is 12.6 Å². The molecule has 0 bridgehead atoms. The summed E-state index contributed by atoms with van der Waals surface area (Å²) in [5.74, 6) is 0. The van der Waals surface area contributed by atoms with Crippen molar-refractivity contribution in [1.29, 1.82) is 0 Å². The van der Waals surface area contributed by atoms with E-state index in [1.807, 2.05) is 21.1 Å². The van der Waals surface area contributed by atoms with E-state index in [0.29, 0.717) is 11.1 Å². The Morgan fingerprint density at radius 2 is 1.17 bits per heavy atom. The predicted octanol–water partition coefficient (Wildman–Crippen LogP) is 6.71. The number of quaternary nitrogens is 1. The number of hydrogen-bond acceptors (Lipinski definition) is 4. The third-order valence-electron chi connectivity index (χ3n) is 6.53. The summed E-state index contributed by atoms with van der Waals surface area (Å²) in [6.07, 6.45) is 17.4. The Morgan fingerprint density at radius 1 is 0.743 bits per heavy atom. The van der Waals surface area contributed by atoms with Crippen molar-refractivity contribution >= 4 is 7.82 Å². The molecule has 0 aliphatic heterocycles. The van der Waals surface area contributed by atoms with Crippen molar-refractivity contribution in [2.75, 3.05) is 54.2 Å². The van der Waals surface area contributed by atoms with Gasteiger partial charge in [-0.15, -0.1) is 0 Å². The summed E-state index contributed by atoms with van der Waals surface area (Å²) >= 11 is 0. The number of likely N-dealkylation sites (N-methyl/N-ethyl adjacent to an activating group) is 1. The number of hydrogen-bond donors (Lipinski definition) is 2. The average molecular weight is 525 g/mol. The van der Waals surface area contributed by atoms with Crippen molar-refractivity contribution in [2.45, 2.75) is 117 Å². The van der Waals surface area contributed by atoms with Crippen LogP contribution in [0.1, 0.15) is 111 Å².